The Kier molecular flexibility index (Phi) is 8.17. The number of imide groups is 1. The Labute approximate surface area is 226 Å². The summed E-state index contributed by atoms with van der Waals surface area (Å²) >= 11 is 12.7. The lowest BCUT2D eigenvalue weighted by Crippen LogP contribution is -2.36. The average molecular weight is 557 g/mol. The van der Waals surface area contributed by atoms with Crippen molar-refractivity contribution in [2.75, 3.05) is 19.0 Å². The molecule has 1 fully saturated rings. The number of methoxy groups -OCH3 is 1. The van der Waals surface area contributed by atoms with E-state index >= 15 is 0 Å². The van der Waals surface area contributed by atoms with E-state index in [1.807, 2.05) is 0 Å². The number of anilines is 1. The molecular formula is C26H18Cl2N2O6S. The standard InChI is InChI=1S/C26H18Cl2N2O6S/c1-35-21-11-15(7-10-20(21)36-25(33)18-9-8-16(27)13-19(18)28)12-22-24(32)30(26(34)37-22)14-23(31)29-17-5-3-2-4-6-17/h2-13H,14H2,1H3,(H,29,31)/b22-12-. The number of thioether (sulfide) groups is 1. The number of carbonyl (C=O) groups is 4. The lowest BCUT2D eigenvalue weighted by atomic mass is 10.1. The Balaban J connectivity index is 1.47. The molecule has 1 saturated heterocycles. The minimum atomic E-state index is -0.706. The van der Waals surface area contributed by atoms with E-state index in [4.69, 9.17) is 32.7 Å². The molecule has 0 spiro atoms. The predicted octanol–water partition coefficient (Wildman–Crippen LogP) is 5.90. The third-order valence-electron chi connectivity index (χ3n) is 5.07. The average Bonchev–Trinajstić information content (AvgIpc) is 3.12. The number of hydrogen-bond donors (Lipinski definition) is 1. The predicted molar refractivity (Wildman–Crippen MR) is 142 cm³/mol. The van der Waals surface area contributed by atoms with Gasteiger partial charge in [0.15, 0.2) is 11.5 Å². The quantitative estimate of drug-likeness (QED) is 0.219. The topological polar surface area (TPSA) is 102 Å². The maximum absolute atomic E-state index is 12.8. The van der Waals surface area contributed by atoms with Gasteiger partial charge in [0.05, 0.1) is 22.6 Å². The van der Waals surface area contributed by atoms with Gasteiger partial charge in [0.1, 0.15) is 6.54 Å². The minimum Gasteiger partial charge on any atom is -0.493 e. The fourth-order valence-electron chi connectivity index (χ4n) is 3.32. The van der Waals surface area contributed by atoms with Gasteiger partial charge in [-0.15, -0.1) is 0 Å². The molecule has 3 aromatic rings. The van der Waals surface area contributed by atoms with Gasteiger partial charge in [-0.2, -0.15) is 0 Å². The molecule has 0 bridgehead atoms. The number of nitrogens with zero attached hydrogens (tertiary/aromatic N) is 1. The van der Waals surface area contributed by atoms with E-state index < -0.39 is 29.6 Å². The van der Waals surface area contributed by atoms with Crippen molar-refractivity contribution in [1.29, 1.82) is 0 Å². The van der Waals surface area contributed by atoms with Crippen LogP contribution in [0.5, 0.6) is 11.5 Å². The van der Waals surface area contributed by atoms with Crippen molar-refractivity contribution in [3.63, 3.8) is 0 Å². The van der Waals surface area contributed by atoms with Crippen LogP contribution in [0.15, 0.2) is 71.6 Å². The second-order valence-electron chi connectivity index (χ2n) is 7.61. The summed E-state index contributed by atoms with van der Waals surface area (Å²) in [6, 6.07) is 17.7. The van der Waals surface area contributed by atoms with E-state index in [0.29, 0.717) is 16.3 Å². The Morgan fingerprint density at radius 3 is 2.46 bits per heavy atom. The number of halogens is 2. The molecule has 4 rings (SSSR count). The molecule has 1 aliphatic heterocycles. The number of para-hydroxylation sites is 1. The van der Waals surface area contributed by atoms with E-state index in [9.17, 15) is 19.2 Å². The van der Waals surface area contributed by atoms with Gasteiger partial charge >= 0.3 is 5.97 Å². The number of esters is 1. The van der Waals surface area contributed by atoms with E-state index in [2.05, 4.69) is 5.32 Å². The maximum atomic E-state index is 12.8. The highest BCUT2D eigenvalue weighted by Gasteiger charge is 2.36. The summed E-state index contributed by atoms with van der Waals surface area (Å²) in [5.41, 5.74) is 1.20. The van der Waals surface area contributed by atoms with Gasteiger partial charge in [0.25, 0.3) is 11.1 Å². The summed E-state index contributed by atoms with van der Waals surface area (Å²) < 4.78 is 10.8. The summed E-state index contributed by atoms with van der Waals surface area (Å²) in [5, 5.41) is 2.60. The zero-order valence-electron chi connectivity index (χ0n) is 19.2. The smallest absolute Gasteiger partial charge is 0.345 e. The van der Waals surface area contributed by atoms with Gasteiger partial charge in [-0.1, -0.05) is 47.5 Å². The summed E-state index contributed by atoms with van der Waals surface area (Å²) in [6.45, 7) is -0.414. The van der Waals surface area contributed by atoms with Gasteiger partial charge in [0, 0.05) is 10.7 Å². The molecule has 0 unspecified atom stereocenters. The molecule has 1 N–H and O–H groups in total. The third-order valence-corrected chi connectivity index (χ3v) is 6.53. The first-order valence-electron chi connectivity index (χ1n) is 10.7. The molecule has 8 nitrogen and oxygen atoms in total. The molecule has 0 aliphatic carbocycles. The molecule has 3 aromatic carbocycles. The summed E-state index contributed by atoms with van der Waals surface area (Å²) in [5.74, 6) is -1.45. The number of hydrogen-bond acceptors (Lipinski definition) is 7. The van der Waals surface area contributed by atoms with Crippen LogP contribution < -0.4 is 14.8 Å². The Morgan fingerprint density at radius 1 is 1.00 bits per heavy atom. The van der Waals surface area contributed by atoms with Crippen LogP contribution in [0, 0.1) is 0 Å². The molecule has 0 radical (unpaired) electrons. The second-order valence-corrected chi connectivity index (χ2v) is 9.44. The van der Waals surface area contributed by atoms with Crippen molar-refractivity contribution in [2.45, 2.75) is 0 Å². The van der Waals surface area contributed by atoms with E-state index in [0.717, 1.165) is 16.7 Å². The summed E-state index contributed by atoms with van der Waals surface area (Å²) in [4.78, 5) is 51.1. The summed E-state index contributed by atoms with van der Waals surface area (Å²) in [6.07, 6.45) is 1.49. The van der Waals surface area contributed by atoms with Crippen molar-refractivity contribution in [2.24, 2.45) is 0 Å². The van der Waals surface area contributed by atoms with Crippen LogP contribution >= 0.6 is 35.0 Å². The zero-order chi connectivity index (χ0) is 26.5. The Hall–Kier alpha value is -3.79. The van der Waals surface area contributed by atoms with E-state index in [-0.39, 0.29) is 27.0 Å². The molecule has 0 aromatic heterocycles. The van der Waals surface area contributed by atoms with Crippen molar-refractivity contribution in [1.82, 2.24) is 4.90 Å². The van der Waals surface area contributed by atoms with Gasteiger partial charge in [-0.3, -0.25) is 19.3 Å². The van der Waals surface area contributed by atoms with Gasteiger partial charge in [0.2, 0.25) is 5.91 Å². The van der Waals surface area contributed by atoms with Crippen LogP contribution in [0.3, 0.4) is 0 Å². The van der Waals surface area contributed by atoms with Crippen molar-refractivity contribution in [3.05, 3.63) is 92.8 Å². The SMILES string of the molecule is COc1cc(/C=C2\SC(=O)N(CC(=O)Nc3ccccc3)C2=O)ccc1OC(=O)c1ccc(Cl)cc1Cl. The second kappa shape index (κ2) is 11.5. The number of amides is 3. The summed E-state index contributed by atoms with van der Waals surface area (Å²) in [7, 11) is 1.39. The zero-order valence-corrected chi connectivity index (χ0v) is 21.5. The molecule has 37 heavy (non-hydrogen) atoms. The first-order valence-corrected chi connectivity index (χ1v) is 12.3. The highest BCUT2D eigenvalue weighted by molar-refractivity contribution is 8.18. The van der Waals surface area contributed by atoms with Crippen molar-refractivity contribution >= 4 is 69.8 Å². The van der Waals surface area contributed by atoms with Gasteiger partial charge in [-0.05, 0) is 65.9 Å². The monoisotopic (exact) mass is 556 g/mol. The molecule has 0 saturated carbocycles. The first kappa shape index (κ1) is 26.3. The van der Waals surface area contributed by atoms with Crippen LogP contribution in [0.4, 0.5) is 10.5 Å². The van der Waals surface area contributed by atoms with Crippen LogP contribution in [-0.2, 0) is 9.59 Å². The number of ether oxygens (including phenoxy) is 2. The van der Waals surface area contributed by atoms with Gasteiger partial charge in [-0.25, -0.2) is 4.79 Å². The van der Waals surface area contributed by atoms with Crippen LogP contribution in [0.1, 0.15) is 15.9 Å². The Morgan fingerprint density at radius 2 is 1.76 bits per heavy atom. The minimum absolute atomic E-state index is 0.126. The fourth-order valence-corrected chi connectivity index (χ4v) is 4.65. The van der Waals surface area contributed by atoms with Crippen LogP contribution in [0.2, 0.25) is 10.0 Å². The van der Waals surface area contributed by atoms with Crippen LogP contribution in [-0.4, -0.2) is 41.6 Å². The lowest BCUT2D eigenvalue weighted by Gasteiger charge is -2.12. The number of rotatable bonds is 7. The lowest BCUT2D eigenvalue weighted by molar-refractivity contribution is -0.127. The molecule has 0 atom stereocenters. The van der Waals surface area contributed by atoms with Gasteiger partial charge < -0.3 is 14.8 Å². The van der Waals surface area contributed by atoms with Crippen LogP contribution in [0.25, 0.3) is 6.08 Å². The maximum Gasteiger partial charge on any atom is 0.345 e. The number of carbonyl (C=O) groups excluding carboxylic acids is 4. The van der Waals surface area contributed by atoms with Crippen molar-refractivity contribution in [3.8, 4) is 11.5 Å². The molecule has 11 heteroatoms. The number of benzene rings is 3. The fraction of sp³-hybridized carbons (Fsp3) is 0.0769. The first-order chi connectivity index (χ1) is 17.7. The highest BCUT2D eigenvalue weighted by Crippen LogP contribution is 2.35. The van der Waals surface area contributed by atoms with E-state index in [1.165, 1.54) is 37.5 Å². The third kappa shape index (κ3) is 6.32. The molecule has 188 valence electrons. The largest absolute Gasteiger partial charge is 0.493 e. The molecule has 1 aliphatic rings. The molecule has 1 heterocycles. The number of nitrogens with one attached hydrogen (secondary N) is 1. The molecule has 3 amide bonds. The van der Waals surface area contributed by atoms with Crippen molar-refractivity contribution < 1.29 is 28.7 Å². The normalized spacial score (nSPS) is 14.1. The highest BCUT2D eigenvalue weighted by atomic mass is 35.5. The molecular weight excluding hydrogens is 539 g/mol. The van der Waals surface area contributed by atoms with E-state index in [1.54, 1.807) is 42.5 Å². The Bertz CT molecular complexity index is 1430.